The van der Waals surface area contributed by atoms with E-state index in [1.165, 1.54) is 25.5 Å². The molecule has 0 bridgehead atoms. The normalized spacial score (nSPS) is 23.5. The molecule has 126 valence electrons. The lowest BCUT2D eigenvalue weighted by molar-refractivity contribution is -0.127. The molecular formula is C18H12O7. The molecule has 0 aliphatic carbocycles. The molecule has 7 nitrogen and oxygen atoms in total. The van der Waals surface area contributed by atoms with Gasteiger partial charge in [-0.15, -0.1) is 0 Å². The molecule has 3 aromatic rings. The predicted octanol–water partition coefficient (Wildman–Crippen LogP) is 2.46. The summed E-state index contributed by atoms with van der Waals surface area (Å²) in [6.45, 7) is 0. The quantitative estimate of drug-likeness (QED) is 0.657. The number of methoxy groups -OCH3 is 1. The molecule has 2 aromatic carbocycles. The number of benzene rings is 2. The van der Waals surface area contributed by atoms with E-state index in [1.807, 2.05) is 0 Å². The van der Waals surface area contributed by atoms with E-state index in [2.05, 4.69) is 0 Å². The first-order valence-corrected chi connectivity index (χ1v) is 7.57. The summed E-state index contributed by atoms with van der Waals surface area (Å²) in [4.78, 5) is 12.9. The number of fused-ring (bicyclic) bond motifs is 5. The van der Waals surface area contributed by atoms with E-state index in [-0.39, 0.29) is 33.4 Å². The van der Waals surface area contributed by atoms with Crippen LogP contribution in [0.2, 0.25) is 0 Å². The Bertz CT molecular complexity index is 1140. The Hall–Kier alpha value is -3.19. The van der Waals surface area contributed by atoms with Crippen molar-refractivity contribution >= 4 is 21.9 Å². The van der Waals surface area contributed by atoms with Crippen LogP contribution in [0, 0.1) is 0 Å². The maximum Gasteiger partial charge on any atom is 0.277 e. The van der Waals surface area contributed by atoms with Gasteiger partial charge < -0.3 is 28.8 Å². The zero-order valence-corrected chi connectivity index (χ0v) is 13.0. The molecule has 0 fully saturated rings. The summed E-state index contributed by atoms with van der Waals surface area (Å²) in [7, 11) is 1.46. The second-order valence-electron chi connectivity index (χ2n) is 5.94. The highest BCUT2D eigenvalue weighted by atomic mass is 16.7. The molecule has 1 aromatic heterocycles. The number of hydrogen-bond donors (Lipinski definition) is 2. The van der Waals surface area contributed by atoms with Crippen molar-refractivity contribution in [1.82, 2.24) is 0 Å². The minimum atomic E-state index is -1.15. The highest BCUT2D eigenvalue weighted by Crippen LogP contribution is 2.53. The molecule has 0 saturated heterocycles. The monoisotopic (exact) mass is 340 g/mol. The molecule has 2 aliphatic heterocycles. The van der Waals surface area contributed by atoms with E-state index in [1.54, 1.807) is 18.2 Å². The van der Waals surface area contributed by atoms with E-state index >= 15 is 0 Å². The summed E-state index contributed by atoms with van der Waals surface area (Å²) in [5.74, 6) is -0.220. The predicted molar refractivity (Wildman–Crippen MR) is 86.6 cm³/mol. The van der Waals surface area contributed by atoms with Crippen LogP contribution in [0.4, 0.5) is 0 Å². The molecule has 0 saturated carbocycles. The number of hydrogen-bond acceptors (Lipinski definition) is 7. The van der Waals surface area contributed by atoms with E-state index < -0.39 is 17.3 Å². The molecule has 0 amide bonds. The van der Waals surface area contributed by atoms with Crippen LogP contribution in [-0.4, -0.2) is 23.6 Å². The van der Waals surface area contributed by atoms with Crippen molar-refractivity contribution in [2.24, 2.45) is 0 Å². The van der Waals surface area contributed by atoms with Gasteiger partial charge in [0, 0.05) is 13.2 Å². The van der Waals surface area contributed by atoms with Gasteiger partial charge >= 0.3 is 0 Å². The lowest BCUT2D eigenvalue weighted by Crippen LogP contribution is -2.35. The molecule has 2 N–H and O–H groups in total. The van der Waals surface area contributed by atoms with Gasteiger partial charge in [0.1, 0.15) is 39.2 Å². The van der Waals surface area contributed by atoms with Gasteiger partial charge in [-0.2, -0.15) is 0 Å². The lowest BCUT2D eigenvalue weighted by atomic mass is 9.92. The van der Waals surface area contributed by atoms with Crippen molar-refractivity contribution in [1.29, 1.82) is 0 Å². The Labute approximate surface area is 140 Å². The average Bonchev–Trinajstić information content (AvgIpc) is 3.10. The van der Waals surface area contributed by atoms with Crippen LogP contribution in [0.15, 0.2) is 45.8 Å². The van der Waals surface area contributed by atoms with Crippen LogP contribution in [0.25, 0.3) is 21.9 Å². The minimum Gasteiger partial charge on any atom is -0.507 e. The van der Waals surface area contributed by atoms with E-state index in [4.69, 9.17) is 18.6 Å². The average molecular weight is 340 g/mol. The van der Waals surface area contributed by atoms with Gasteiger partial charge in [-0.05, 0) is 18.2 Å². The minimum absolute atomic E-state index is 0.00500. The van der Waals surface area contributed by atoms with Crippen LogP contribution >= 0.6 is 0 Å². The SMILES string of the molecule is CO[C@@]12C=CO[C@@H]1Oc1cc3oc4cccc(O)c4c(=O)c3c(O)c12. The van der Waals surface area contributed by atoms with Gasteiger partial charge in [-0.3, -0.25) is 4.79 Å². The van der Waals surface area contributed by atoms with Crippen LogP contribution < -0.4 is 10.2 Å². The fourth-order valence-corrected chi connectivity index (χ4v) is 3.56. The number of aromatic hydroxyl groups is 2. The van der Waals surface area contributed by atoms with Crippen molar-refractivity contribution in [3.8, 4) is 17.2 Å². The third-order valence-corrected chi connectivity index (χ3v) is 4.74. The zero-order valence-electron chi connectivity index (χ0n) is 13.0. The largest absolute Gasteiger partial charge is 0.507 e. The van der Waals surface area contributed by atoms with Crippen molar-refractivity contribution < 1.29 is 28.8 Å². The van der Waals surface area contributed by atoms with Crippen molar-refractivity contribution in [3.63, 3.8) is 0 Å². The fraction of sp³-hybridized carbons (Fsp3) is 0.167. The fourth-order valence-electron chi connectivity index (χ4n) is 3.56. The van der Waals surface area contributed by atoms with Gasteiger partial charge in [0.15, 0.2) is 5.60 Å². The van der Waals surface area contributed by atoms with Gasteiger partial charge in [0.2, 0.25) is 5.43 Å². The summed E-state index contributed by atoms with van der Waals surface area (Å²) >= 11 is 0. The molecule has 2 atom stereocenters. The van der Waals surface area contributed by atoms with Crippen LogP contribution in [0.1, 0.15) is 5.56 Å². The first-order chi connectivity index (χ1) is 12.1. The summed E-state index contributed by atoms with van der Waals surface area (Å²) in [6, 6.07) is 6.04. The second kappa shape index (κ2) is 4.46. The lowest BCUT2D eigenvalue weighted by Gasteiger charge is -2.23. The van der Waals surface area contributed by atoms with Gasteiger partial charge in [-0.1, -0.05) is 6.07 Å². The summed E-state index contributed by atoms with van der Waals surface area (Å²) < 4.78 is 22.3. The highest BCUT2D eigenvalue weighted by Gasteiger charge is 2.55. The Kier molecular flexibility index (Phi) is 2.53. The van der Waals surface area contributed by atoms with Gasteiger partial charge in [0.05, 0.1) is 11.8 Å². The maximum absolute atomic E-state index is 12.9. The molecular weight excluding hydrogens is 328 g/mol. The van der Waals surface area contributed by atoms with Crippen molar-refractivity contribution in [2.75, 3.05) is 7.11 Å². The number of phenols is 2. The third kappa shape index (κ3) is 1.56. The second-order valence-corrected chi connectivity index (χ2v) is 5.94. The summed E-state index contributed by atoms with van der Waals surface area (Å²) in [6.07, 6.45) is 2.25. The van der Waals surface area contributed by atoms with E-state index in [9.17, 15) is 15.0 Å². The van der Waals surface area contributed by atoms with Gasteiger partial charge in [-0.25, -0.2) is 0 Å². The van der Waals surface area contributed by atoms with Crippen LogP contribution in [0.3, 0.4) is 0 Å². The molecule has 2 aliphatic rings. The first-order valence-electron chi connectivity index (χ1n) is 7.57. The van der Waals surface area contributed by atoms with Crippen molar-refractivity contribution in [3.05, 3.63) is 52.4 Å². The number of rotatable bonds is 1. The smallest absolute Gasteiger partial charge is 0.277 e. The maximum atomic E-state index is 12.9. The Morgan fingerprint density at radius 3 is 2.84 bits per heavy atom. The number of ether oxygens (including phenoxy) is 3. The molecule has 7 heteroatoms. The molecule has 0 unspecified atom stereocenters. The Morgan fingerprint density at radius 2 is 2.04 bits per heavy atom. The highest BCUT2D eigenvalue weighted by molar-refractivity contribution is 5.97. The van der Waals surface area contributed by atoms with Crippen molar-refractivity contribution in [2.45, 2.75) is 11.9 Å². The molecule has 25 heavy (non-hydrogen) atoms. The van der Waals surface area contributed by atoms with Gasteiger partial charge in [0.25, 0.3) is 6.29 Å². The Balaban J connectivity index is 1.96. The molecule has 3 heterocycles. The Morgan fingerprint density at radius 1 is 1.20 bits per heavy atom. The molecule has 0 radical (unpaired) electrons. The summed E-state index contributed by atoms with van der Waals surface area (Å²) in [5.41, 5.74) is -1.02. The number of phenolic OH excluding ortho intramolecular Hbond substituents is 2. The molecule has 5 rings (SSSR count). The van der Waals surface area contributed by atoms with Crippen LogP contribution in [-0.2, 0) is 15.1 Å². The summed E-state index contributed by atoms with van der Waals surface area (Å²) in [5, 5.41) is 20.8. The first kappa shape index (κ1) is 14.2. The topological polar surface area (TPSA) is 98.4 Å². The third-order valence-electron chi connectivity index (χ3n) is 4.74. The standard InChI is InChI=1S/C18H12O7/c1-22-18-5-6-23-17(18)25-11-7-10-13(16(21)14(11)18)15(20)12-8(19)3-2-4-9(12)24-10/h2-7,17,19,21H,1H3/t17-,18-/m1/s1. The van der Waals surface area contributed by atoms with Crippen LogP contribution in [0.5, 0.6) is 17.2 Å². The van der Waals surface area contributed by atoms with E-state index in [0.717, 1.165) is 0 Å². The molecule has 0 spiro atoms. The zero-order chi connectivity index (χ0) is 17.3. The van der Waals surface area contributed by atoms with E-state index in [0.29, 0.717) is 11.3 Å².